The van der Waals surface area contributed by atoms with Crippen molar-refractivity contribution in [2.45, 2.75) is 26.4 Å². The Morgan fingerprint density at radius 3 is 2.26 bits per heavy atom. The van der Waals surface area contributed by atoms with Crippen molar-refractivity contribution in [3.63, 3.8) is 0 Å². The minimum Gasteiger partial charge on any atom is -0.497 e. The number of halogens is 1. The van der Waals surface area contributed by atoms with Gasteiger partial charge in [-0.25, -0.2) is 4.79 Å². The molecule has 0 atom stereocenters. The van der Waals surface area contributed by atoms with Crippen LogP contribution in [0.4, 0.5) is 0 Å². The molecule has 0 saturated carbocycles. The maximum atomic E-state index is 11.9. The van der Waals surface area contributed by atoms with Gasteiger partial charge >= 0.3 is 5.97 Å². The van der Waals surface area contributed by atoms with E-state index in [4.69, 9.17) is 25.8 Å². The number of rotatable bonds is 6. The lowest BCUT2D eigenvalue weighted by molar-refractivity contribution is -0.148. The zero-order valence-electron chi connectivity index (χ0n) is 19.4. The van der Waals surface area contributed by atoms with E-state index in [0.717, 1.165) is 37.6 Å². The Morgan fingerprint density at radius 1 is 0.941 bits per heavy atom. The predicted octanol–water partition coefficient (Wildman–Crippen LogP) is 8.38. The number of thiophene rings is 1. The highest BCUT2D eigenvalue weighted by Gasteiger charge is 2.17. The first kappa shape index (κ1) is 23.9. The predicted molar refractivity (Wildman–Crippen MR) is 140 cm³/mol. The van der Waals surface area contributed by atoms with Crippen LogP contribution in [0, 0.1) is 0 Å². The van der Waals surface area contributed by atoms with Crippen molar-refractivity contribution in [1.82, 2.24) is 0 Å². The van der Waals surface area contributed by atoms with Crippen LogP contribution in [0.15, 0.2) is 72.8 Å². The molecule has 0 saturated heterocycles. The van der Waals surface area contributed by atoms with Crippen molar-refractivity contribution in [2.24, 2.45) is 0 Å². The van der Waals surface area contributed by atoms with Gasteiger partial charge in [-0.15, -0.1) is 11.3 Å². The first-order valence-corrected chi connectivity index (χ1v) is 12.0. The molecule has 0 N–H and O–H groups in total. The fourth-order valence-corrected chi connectivity index (χ4v) is 4.63. The van der Waals surface area contributed by atoms with Gasteiger partial charge in [0.15, 0.2) is 5.75 Å². The molecule has 34 heavy (non-hydrogen) atoms. The molecule has 0 spiro atoms. The van der Waals surface area contributed by atoms with Gasteiger partial charge in [0, 0.05) is 21.2 Å². The average Bonchev–Trinajstić information content (AvgIpc) is 3.15. The highest BCUT2D eigenvalue weighted by atomic mass is 35.5. The number of hydrogen-bond donors (Lipinski definition) is 0. The molecule has 0 unspecified atom stereocenters. The largest absolute Gasteiger partial charge is 0.497 e. The Hall–Kier alpha value is -3.28. The topological polar surface area (TPSA) is 44.8 Å². The molecule has 4 nitrogen and oxygen atoms in total. The average molecular weight is 493 g/mol. The Bertz CT molecular complexity index is 1330. The maximum Gasteiger partial charge on any atom is 0.331 e. The van der Waals surface area contributed by atoms with Crippen molar-refractivity contribution >= 4 is 45.1 Å². The van der Waals surface area contributed by atoms with Gasteiger partial charge in [-0.3, -0.25) is 0 Å². The van der Waals surface area contributed by atoms with Crippen molar-refractivity contribution in [3.05, 3.63) is 83.4 Å². The third kappa shape index (κ3) is 5.79. The Labute approximate surface area is 208 Å². The number of carbonyl (C=O) groups excluding carboxylic acids is 1. The summed E-state index contributed by atoms with van der Waals surface area (Å²) >= 11 is 7.74. The van der Waals surface area contributed by atoms with Gasteiger partial charge in [0.2, 0.25) is 0 Å². The standard InChI is InChI=1S/C28H25ClO4S/c1-28(2,3)33-25(30)16-7-18-5-12-21(13-6-18)32-26-23-15-14-22(31-4)17-24(23)34-27(26)19-8-10-20(29)11-9-19/h5-17H,1-4H3/b16-7+. The normalized spacial score (nSPS) is 11.7. The third-order valence-electron chi connectivity index (χ3n) is 4.88. The molecule has 174 valence electrons. The number of ether oxygens (including phenoxy) is 3. The number of hydrogen-bond acceptors (Lipinski definition) is 5. The van der Waals surface area contributed by atoms with Crippen LogP contribution in [-0.4, -0.2) is 18.7 Å². The van der Waals surface area contributed by atoms with Gasteiger partial charge in [0.25, 0.3) is 0 Å². The van der Waals surface area contributed by atoms with Crippen LogP contribution in [0.3, 0.4) is 0 Å². The van der Waals surface area contributed by atoms with Crippen LogP contribution in [-0.2, 0) is 9.53 Å². The van der Waals surface area contributed by atoms with Gasteiger partial charge in [-0.2, -0.15) is 0 Å². The highest BCUT2D eigenvalue weighted by Crippen LogP contribution is 2.47. The molecule has 0 amide bonds. The Morgan fingerprint density at radius 2 is 1.62 bits per heavy atom. The summed E-state index contributed by atoms with van der Waals surface area (Å²) in [6.45, 7) is 5.52. The second-order valence-corrected chi connectivity index (χ2v) is 10.2. The van der Waals surface area contributed by atoms with Gasteiger partial charge in [-0.1, -0.05) is 35.9 Å². The first-order chi connectivity index (χ1) is 16.2. The quantitative estimate of drug-likeness (QED) is 0.200. The SMILES string of the molecule is COc1ccc2c(Oc3ccc(/C=C/C(=O)OC(C)(C)C)cc3)c(-c3ccc(Cl)cc3)sc2c1. The third-order valence-corrected chi connectivity index (χ3v) is 6.31. The van der Waals surface area contributed by atoms with Crippen LogP contribution in [0.1, 0.15) is 26.3 Å². The zero-order valence-corrected chi connectivity index (χ0v) is 21.0. The lowest BCUT2D eigenvalue weighted by atomic mass is 10.1. The molecule has 4 rings (SSSR count). The fraction of sp³-hybridized carbons (Fsp3) is 0.179. The lowest BCUT2D eigenvalue weighted by Gasteiger charge is -2.17. The number of fused-ring (bicyclic) bond motifs is 1. The summed E-state index contributed by atoms with van der Waals surface area (Å²) in [7, 11) is 1.66. The van der Waals surface area contributed by atoms with Crippen molar-refractivity contribution in [1.29, 1.82) is 0 Å². The minimum atomic E-state index is -0.520. The summed E-state index contributed by atoms with van der Waals surface area (Å²) in [6, 6.07) is 21.2. The van der Waals surface area contributed by atoms with E-state index in [1.807, 2.05) is 87.5 Å². The molecule has 0 radical (unpaired) electrons. The molecule has 4 aromatic rings. The van der Waals surface area contributed by atoms with Crippen LogP contribution >= 0.6 is 22.9 Å². The molecule has 0 aliphatic heterocycles. The summed E-state index contributed by atoms with van der Waals surface area (Å²) in [6.07, 6.45) is 3.16. The van der Waals surface area contributed by atoms with Crippen LogP contribution in [0.2, 0.25) is 5.02 Å². The summed E-state index contributed by atoms with van der Waals surface area (Å²) < 4.78 is 18.2. The van der Waals surface area contributed by atoms with Crippen molar-refractivity contribution in [2.75, 3.05) is 7.11 Å². The summed E-state index contributed by atoms with van der Waals surface area (Å²) in [5, 5.41) is 1.69. The van der Waals surface area contributed by atoms with E-state index in [1.165, 1.54) is 6.08 Å². The molecule has 6 heteroatoms. The monoisotopic (exact) mass is 492 g/mol. The molecule has 1 heterocycles. The molecule has 3 aromatic carbocycles. The van der Waals surface area contributed by atoms with Gasteiger partial charge in [0.1, 0.15) is 17.1 Å². The van der Waals surface area contributed by atoms with E-state index in [-0.39, 0.29) is 5.97 Å². The molecular weight excluding hydrogens is 468 g/mol. The maximum absolute atomic E-state index is 11.9. The van der Waals surface area contributed by atoms with Gasteiger partial charge < -0.3 is 14.2 Å². The number of methoxy groups -OCH3 is 1. The second-order valence-electron chi connectivity index (χ2n) is 8.67. The van der Waals surface area contributed by atoms with E-state index in [0.29, 0.717) is 10.8 Å². The van der Waals surface area contributed by atoms with Crippen molar-refractivity contribution in [3.8, 4) is 27.7 Å². The van der Waals surface area contributed by atoms with Crippen molar-refractivity contribution < 1.29 is 19.0 Å². The van der Waals surface area contributed by atoms with Gasteiger partial charge in [-0.05, 0) is 80.4 Å². The molecule has 0 bridgehead atoms. The number of esters is 1. The number of carbonyl (C=O) groups is 1. The summed E-state index contributed by atoms with van der Waals surface area (Å²) in [4.78, 5) is 12.9. The first-order valence-electron chi connectivity index (χ1n) is 10.8. The molecular formula is C28H25ClO4S. The zero-order chi connectivity index (χ0) is 24.3. The summed E-state index contributed by atoms with van der Waals surface area (Å²) in [5.74, 6) is 1.90. The number of benzene rings is 3. The molecule has 0 aliphatic rings. The van der Waals surface area contributed by atoms with Crippen LogP contribution in [0.5, 0.6) is 17.2 Å². The highest BCUT2D eigenvalue weighted by molar-refractivity contribution is 7.22. The summed E-state index contributed by atoms with van der Waals surface area (Å²) in [5.41, 5.74) is 1.38. The van der Waals surface area contributed by atoms with E-state index < -0.39 is 5.60 Å². The van der Waals surface area contributed by atoms with E-state index in [2.05, 4.69) is 0 Å². The second kappa shape index (κ2) is 9.92. The Kier molecular flexibility index (Phi) is 6.96. The van der Waals surface area contributed by atoms with Crippen LogP contribution in [0.25, 0.3) is 26.6 Å². The Balaban J connectivity index is 1.63. The molecule has 1 aromatic heterocycles. The fourth-order valence-electron chi connectivity index (χ4n) is 3.34. The molecule has 0 aliphatic carbocycles. The smallest absolute Gasteiger partial charge is 0.331 e. The van der Waals surface area contributed by atoms with E-state index in [1.54, 1.807) is 24.5 Å². The van der Waals surface area contributed by atoms with Crippen LogP contribution < -0.4 is 9.47 Å². The van der Waals surface area contributed by atoms with Gasteiger partial charge in [0.05, 0.1) is 12.0 Å². The molecule has 0 fully saturated rings. The van der Waals surface area contributed by atoms with E-state index >= 15 is 0 Å². The van der Waals surface area contributed by atoms with E-state index in [9.17, 15) is 4.79 Å². The minimum absolute atomic E-state index is 0.374. The lowest BCUT2D eigenvalue weighted by Crippen LogP contribution is -2.22.